The van der Waals surface area contributed by atoms with E-state index in [0.717, 1.165) is 12.5 Å². The maximum atomic E-state index is 5.57. The number of hydrogen-bond acceptors (Lipinski definition) is 2. The maximum absolute atomic E-state index is 5.57. The largest absolute Gasteiger partial charge is 0.481 e. The van der Waals surface area contributed by atoms with Crippen LogP contribution in [0, 0.1) is 17.8 Å². The summed E-state index contributed by atoms with van der Waals surface area (Å²) in [4.78, 5) is 4.57. The van der Waals surface area contributed by atoms with Crippen molar-refractivity contribution in [3.05, 3.63) is 24.3 Å². The zero-order valence-corrected chi connectivity index (χ0v) is 7.68. The molecule has 2 aliphatic heterocycles. The van der Waals surface area contributed by atoms with E-state index in [1.54, 1.807) is 0 Å². The number of nitrogens with zero attached hydrogens (tertiary/aromatic N) is 1. The summed E-state index contributed by atoms with van der Waals surface area (Å²) in [6, 6.07) is 0.238. The second kappa shape index (κ2) is 2.47. The molecule has 2 nitrogen and oxygen atoms in total. The van der Waals surface area contributed by atoms with Gasteiger partial charge >= 0.3 is 0 Å². The molecule has 4 rings (SSSR count). The van der Waals surface area contributed by atoms with Crippen molar-refractivity contribution in [1.82, 2.24) is 0 Å². The van der Waals surface area contributed by atoms with Gasteiger partial charge in [0.05, 0.1) is 12.6 Å². The molecule has 0 amide bonds. The quantitative estimate of drug-likeness (QED) is 0.557. The van der Waals surface area contributed by atoms with Gasteiger partial charge in [-0.05, 0) is 18.8 Å². The van der Waals surface area contributed by atoms with Crippen LogP contribution in [0.4, 0.5) is 0 Å². The van der Waals surface area contributed by atoms with Crippen molar-refractivity contribution in [2.45, 2.75) is 13.0 Å². The number of aliphatic imine (C=N–C) groups is 1. The van der Waals surface area contributed by atoms with Gasteiger partial charge in [-0.25, -0.2) is 4.99 Å². The van der Waals surface area contributed by atoms with Gasteiger partial charge in [-0.15, -0.1) is 0 Å². The number of allylic oxidation sites excluding steroid dienone is 2. The molecule has 2 heterocycles. The van der Waals surface area contributed by atoms with Gasteiger partial charge < -0.3 is 4.74 Å². The van der Waals surface area contributed by atoms with Crippen LogP contribution in [0.25, 0.3) is 0 Å². The summed E-state index contributed by atoms with van der Waals surface area (Å²) in [5.41, 5.74) is 0. The number of rotatable bonds is 1. The molecule has 2 heteroatoms. The molecule has 2 atom stereocenters. The summed E-state index contributed by atoms with van der Waals surface area (Å²) in [6.07, 6.45) is 8.98. The maximum Gasteiger partial charge on any atom is 0.188 e. The van der Waals surface area contributed by atoms with E-state index < -0.39 is 0 Å². The highest BCUT2D eigenvalue weighted by molar-refractivity contribution is 5.85. The monoisotopic (exact) mass is 175 g/mol. The Morgan fingerprint density at radius 3 is 2.54 bits per heavy atom. The summed E-state index contributed by atoms with van der Waals surface area (Å²) in [5, 5.41) is 0. The van der Waals surface area contributed by atoms with Crippen LogP contribution in [0.5, 0.6) is 0 Å². The van der Waals surface area contributed by atoms with Crippen molar-refractivity contribution >= 4 is 5.90 Å². The van der Waals surface area contributed by atoms with Crippen molar-refractivity contribution in [1.29, 1.82) is 0 Å². The second-order valence-corrected chi connectivity index (χ2v) is 3.84. The summed E-state index contributed by atoms with van der Waals surface area (Å²) >= 11 is 0. The molecular formula is C11H13NO. The molecule has 1 saturated carbocycles. The summed E-state index contributed by atoms with van der Waals surface area (Å²) in [7, 11) is 0. The van der Waals surface area contributed by atoms with E-state index in [0.29, 0.717) is 17.8 Å². The average molecular weight is 175 g/mol. The van der Waals surface area contributed by atoms with Gasteiger partial charge in [0.1, 0.15) is 0 Å². The Hall–Kier alpha value is -1.05. The minimum atomic E-state index is 0.238. The fourth-order valence-corrected chi connectivity index (χ4v) is 2.33. The van der Waals surface area contributed by atoms with Crippen LogP contribution >= 0.6 is 0 Å². The SMILES string of the molecule is CCOC1=NC2C=CC3C(C=C2)C13. The molecule has 4 aliphatic rings. The van der Waals surface area contributed by atoms with Gasteiger partial charge in [0.15, 0.2) is 5.90 Å². The molecule has 68 valence electrons. The summed E-state index contributed by atoms with van der Waals surface area (Å²) in [6.45, 7) is 2.76. The first-order chi connectivity index (χ1) is 6.40. The molecule has 2 unspecified atom stereocenters. The summed E-state index contributed by atoms with van der Waals surface area (Å²) < 4.78 is 5.57. The third-order valence-electron chi connectivity index (χ3n) is 3.05. The lowest BCUT2D eigenvalue weighted by Gasteiger charge is -2.06. The molecule has 0 N–H and O–H groups in total. The number of hydrogen-bond donors (Lipinski definition) is 0. The van der Waals surface area contributed by atoms with Crippen LogP contribution < -0.4 is 0 Å². The topological polar surface area (TPSA) is 21.6 Å². The smallest absolute Gasteiger partial charge is 0.188 e. The normalized spacial score (nSPS) is 43.9. The molecule has 0 aromatic heterocycles. The Morgan fingerprint density at radius 1 is 1.23 bits per heavy atom. The second-order valence-electron chi connectivity index (χ2n) is 3.84. The number of ether oxygens (including phenoxy) is 1. The molecule has 13 heavy (non-hydrogen) atoms. The Balaban J connectivity index is 1.95. The first-order valence-electron chi connectivity index (χ1n) is 4.97. The molecule has 0 aromatic rings. The zero-order valence-electron chi connectivity index (χ0n) is 7.68. The van der Waals surface area contributed by atoms with E-state index in [9.17, 15) is 0 Å². The molecule has 4 bridgehead atoms. The third kappa shape index (κ3) is 0.978. The van der Waals surface area contributed by atoms with E-state index in [1.807, 2.05) is 6.92 Å². The summed E-state index contributed by atoms with van der Waals surface area (Å²) in [5.74, 6) is 2.89. The highest BCUT2D eigenvalue weighted by Gasteiger charge is 2.53. The molecule has 0 saturated heterocycles. The fraction of sp³-hybridized carbons (Fsp3) is 0.545. The Labute approximate surface area is 78.0 Å². The first kappa shape index (κ1) is 7.36. The van der Waals surface area contributed by atoms with Crippen molar-refractivity contribution in [3.63, 3.8) is 0 Å². The van der Waals surface area contributed by atoms with Crippen LogP contribution in [0.1, 0.15) is 6.92 Å². The van der Waals surface area contributed by atoms with Crippen LogP contribution in [0.2, 0.25) is 0 Å². The van der Waals surface area contributed by atoms with Crippen LogP contribution in [0.15, 0.2) is 29.3 Å². The van der Waals surface area contributed by atoms with E-state index in [4.69, 9.17) is 4.74 Å². The van der Waals surface area contributed by atoms with E-state index >= 15 is 0 Å². The lowest BCUT2D eigenvalue weighted by molar-refractivity contribution is 0.311. The van der Waals surface area contributed by atoms with Gasteiger partial charge in [-0.3, -0.25) is 0 Å². The van der Waals surface area contributed by atoms with Gasteiger partial charge in [0.2, 0.25) is 0 Å². The highest BCUT2D eigenvalue weighted by atomic mass is 16.5. The van der Waals surface area contributed by atoms with E-state index in [-0.39, 0.29) is 6.04 Å². The predicted molar refractivity (Wildman–Crippen MR) is 51.6 cm³/mol. The molecule has 0 aromatic carbocycles. The van der Waals surface area contributed by atoms with Gasteiger partial charge in [-0.2, -0.15) is 0 Å². The first-order valence-corrected chi connectivity index (χ1v) is 4.97. The average Bonchev–Trinajstić information content (AvgIpc) is 2.81. The standard InChI is InChI=1S/C11H13NO/c1-2-13-11-10-8-5-3-7(12-11)4-6-9(8)10/h3-10H,2H2,1H3. The van der Waals surface area contributed by atoms with Crippen molar-refractivity contribution < 1.29 is 4.74 Å². The van der Waals surface area contributed by atoms with Crippen LogP contribution in [-0.4, -0.2) is 18.5 Å². The van der Waals surface area contributed by atoms with E-state index in [1.165, 1.54) is 0 Å². The van der Waals surface area contributed by atoms with E-state index in [2.05, 4.69) is 29.3 Å². The third-order valence-corrected chi connectivity index (χ3v) is 3.05. The van der Waals surface area contributed by atoms with Crippen LogP contribution in [-0.2, 0) is 4.74 Å². The van der Waals surface area contributed by atoms with Gasteiger partial charge in [0.25, 0.3) is 0 Å². The molecule has 1 fully saturated rings. The fourth-order valence-electron chi connectivity index (χ4n) is 2.33. The predicted octanol–water partition coefficient (Wildman–Crippen LogP) is 1.79. The Bertz CT molecular complexity index is 296. The van der Waals surface area contributed by atoms with Crippen molar-refractivity contribution in [2.75, 3.05) is 6.61 Å². The molecule has 2 aliphatic carbocycles. The lowest BCUT2D eigenvalue weighted by Crippen LogP contribution is -2.10. The Kier molecular flexibility index (Phi) is 1.40. The lowest BCUT2D eigenvalue weighted by atomic mass is 10.2. The Morgan fingerprint density at radius 2 is 1.92 bits per heavy atom. The van der Waals surface area contributed by atoms with Crippen molar-refractivity contribution in [2.24, 2.45) is 22.7 Å². The molecule has 0 radical (unpaired) electrons. The molecular weight excluding hydrogens is 162 g/mol. The zero-order chi connectivity index (χ0) is 8.84. The van der Waals surface area contributed by atoms with Crippen LogP contribution in [0.3, 0.4) is 0 Å². The minimum Gasteiger partial charge on any atom is -0.481 e. The van der Waals surface area contributed by atoms with Crippen molar-refractivity contribution in [3.8, 4) is 0 Å². The van der Waals surface area contributed by atoms with Gasteiger partial charge in [0, 0.05) is 5.92 Å². The van der Waals surface area contributed by atoms with Gasteiger partial charge in [-0.1, -0.05) is 24.3 Å². The highest BCUT2D eigenvalue weighted by Crippen LogP contribution is 2.52. The minimum absolute atomic E-state index is 0.238. The molecule has 0 spiro atoms.